The fraction of sp³-hybridized carbons (Fsp3) is 0.696. The number of rotatable bonds is 7. The Hall–Kier alpha value is -2.11. The van der Waals surface area contributed by atoms with Crippen molar-refractivity contribution in [1.82, 2.24) is 15.2 Å². The molecular weight excluding hydrogens is 366 g/mol. The van der Waals surface area contributed by atoms with Gasteiger partial charge in [0.25, 0.3) is 0 Å². The minimum Gasteiger partial charge on any atom is -0.444 e. The molecule has 0 radical (unpaired) electrons. The van der Waals surface area contributed by atoms with E-state index in [-0.39, 0.29) is 17.9 Å². The quantitative estimate of drug-likeness (QED) is 0.737. The smallest absolute Gasteiger partial charge is 0.408 e. The van der Waals surface area contributed by atoms with Crippen molar-refractivity contribution in [2.45, 2.75) is 77.7 Å². The first kappa shape index (κ1) is 23.2. The first-order valence-corrected chi connectivity index (χ1v) is 10.8. The molecule has 1 fully saturated rings. The maximum absolute atomic E-state index is 13.0. The van der Waals surface area contributed by atoms with Crippen LogP contribution in [0.1, 0.15) is 72.4 Å². The predicted molar refractivity (Wildman–Crippen MR) is 115 cm³/mol. The highest BCUT2D eigenvalue weighted by Gasteiger charge is 2.38. The fourth-order valence-electron chi connectivity index (χ4n) is 4.03. The van der Waals surface area contributed by atoms with E-state index in [1.807, 2.05) is 23.2 Å². The number of ether oxygens (including phenoxy) is 1. The fourth-order valence-corrected chi connectivity index (χ4v) is 4.03. The molecule has 1 saturated carbocycles. The largest absolute Gasteiger partial charge is 0.444 e. The summed E-state index contributed by atoms with van der Waals surface area (Å²) in [6.07, 6.45) is 6.87. The van der Waals surface area contributed by atoms with Gasteiger partial charge < -0.3 is 15.0 Å². The summed E-state index contributed by atoms with van der Waals surface area (Å²) in [5, 5.41) is 2.61. The molecule has 6 nitrogen and oxygen atoms in total. The molecule has 1 aromatic rings. The number of aromatic nitrogens is 1. The zero-order chi connectivity index (χ0) is 21.5. The number of carbonyl (C=O) groups is 2. The molecule has 2 rings (SSSR count). The van der Waals surface area contributed by atoms with Gasteiger partial charge in [0.15, 0.2) is 0 Å². The van der Waals surface area contributed by atoms with E-state index in [0.717, 1.165) is 31.4 Å². The molecule has 0 saturated heterocycles. The molecule has 0 aromatic carbocycles. The van der Waals surface area contributed by atoms with Crippen LogP contribution in [0, 0.1) is 5.92 Å². The summed E-state index contributed by atoms with van der Waals surface area (Å²) >= 11 is 0. The van der Waals surface area contributed by atoms with E-state index >= 15 is 0 Å². The van der Waals surface area contributed by atoms with Gasteiger partial charge in [0.1, 0.15) is 12.1 Å². The minimum absolute atomic E-state index is 0.0556. The molecule has 0 spiro atoms. The Morgan fingerprint density at radius 3 is 2.45 bits per heavy atom. The molecule has 162 valence electrons. The van der Waals surface area contributed by atoms with E-state index < -0.39 is 11.7 Å². The van der Waals surface area contributed by atoms with Gasteiger partial charge in [-0.2, -0.15) is 0 Å². The highest BCUT2D eigenvalue weighted by molar-refractivity contribution is 5.82. The zero-order valence-electron chi connectivity index (χ0n) is 18.7. The van der Waals surface area contributed by atoms with Crippen molar-refractivity contribution in [2.24, 2.45) is 5.92 Å². The summed E-state index contributed by atoms with van der Waals surface area (Å²) < 4.78 is 5.26. The average Bonchev–Trinajstić information content (AvgIpc) is 2.65. The molecule has 1 aromatic heterocycles. The SMILES string of the molecule is CC(C)CN(CC1(c2ccccn2)CCCCC1)C(=O)CNC(=O)OC(C)(C)C. The summed E-state index contributed by atoms with van der Waals surface area (Å²) in [7, 11) is 0. The lowest BCUT2D eigenvalue weighted by atomic mass is 9.71. The van der Waals surface area contributed by atoms with Crippen LogP contribution in [-0.4, -0.2) is 47.1 Å². The van der Waals surface area contributed by atoms with Crippen LogP contribution < -0.4 is 5.32 Å². The van der Waals surface area contributed by atoms with E-state index in [4.69, 9.17) is 4.74 Å². The molecule has 1 heterocycles. The molecule has 0 atom stereocenters. The monoisotopic (exact) mass is 403 g/mol. The first-order valence-electron chi connectivity index (χ1n) is 10.8. The van der Waals surface area contributed by atoms with Crippen LogP contribution in [0.15, 0.2) is 24.4 Å². The molecule has 1 aliphatic rings. The van der Waals surface area contributed by atoms with Crippen LogP contribution in [0.2, 0.25) is 0 Å². The van der Waals surface area contributed by atoms with Crippen LogP contribution in [-0.2, 0) is 14.9 Å². The van der Waals surface area contributed by atoms with Gasteiger partial charge in [-0.05, 0) is 51.7 Å². The third-order valence-corrected chi connectivity index (χ3v) is 5.23. The number of nitrogens with one attached hydrogen (secondary N) is 1. The maximum atomic E-state index is 13.0. The Bertz CT molecular complexity index is 662. The van der Waals surface area contributed by atoms with Crippen LogP contribution in [0.3, 0.4) is 0 Å². The topological polar surface area (TPSA) is 71.5 Å². The Morgan fingerprint density at radius 2 is 1.90 bits per heavy atom. The Balaban J connectivity index is 2.13. The second-order valence-electron chi connectivity index (χ2n) is 9.58. The highest BCUT2D eigenvalue weighted by Crippen LogP contribution is 2.39. The van der Waals surface area contributed by atoms with E-state index in [1.54, 1.807) is 20.8 Å². The lowest BCUT2D eigenvalue weighted by Crippen LogP contribution is -2.49. The molecule has 1 N–H and O–H groups in total. The summed E-state index contributed by atoms with van der Waals surface area (Å²) in [5.74, 6) is 0.260. The Labute approximate surface area is 175 Å². The van der Waals surface area contributed by atoms with Crippen molar-refractivity contribution in [3.63, 3.8) is 0 Å². The minimum atomic E-state index is -0.587. The number of pyridine rings is 1. The van der Waals surface area contributed by atoms with Gasteiger partial charge in [-0.25, -0.2) is 4.79 Å². The van der Waals surface area contributed by atoms with Crippen LogP contribution in [0.25, 0.3) is 0 Å². The Morgan fingerprint density at radius 1 is 1.21 bits per heavy atom. The summed E-state index contributed by atoms with van der Waals surface area (Å²) in [5.41, 5.74) is 0.368. The summed E-state index contributed by atoms with van der Waals surface area (Å²) in [4.78, 5) is 31.6. The number of carbonyl (C=O) groups excluding carboxylic acids is 2. The molecule has 6 heteroatoms. The lowest BCUT2D eigenvalue weighted by Gasteiger charge is -2.41. The van der Waals surface area contributed by atoms with E-state index in [2.05, 4.69) is 30.2 Å². The molecule has 29 heavy (non-hydrogen) atoms. The van der Waals surface area contributed by atoms with Crippen LogP contribution >= 0.6 is 0 Å². The number of alkyl carbamates (subject to hydrolysis) is 1. The second-order valence-corrected chi connectivity index (χ2v) is 9.58. The third-order valence-electron chi connectivity index (χ3n) is 5.23. The van der Waals surface area contributed by atoms with Gasteiger partial charge in [-0.1, -0.05) is 39.2 Å². The summed E-state index contributed by atoms with van der Waals surface area (Å²) in [6, 6.07) is 6.04. The van der Waals surface area contributed by atoms with Crippen molar-refractivity contribution in [3.05, 3.63) is 30.1 Å². The van der Waals surface area contributed by atoms with Crippen molar-refractivity contribution >= 4 is 12.0 Å². The molecule has 1 aliphatic carbocycles. The van der Waals surface area contributed by atoms with Gasteiger partial charge in [0, 0.05) is 30.4 Å². The van der Waals surface area contributed by atoms with Crippen molar-refractivity contribution < 1.29 is 14.3 Å². The first-order chi connectivity index (χ1) is 13.6. The third kappa shape index (κ3) is 7.33. The van der Waals surface area contributed by atoms with E-state index in [9.17, 15) is 9.59 Å². The second kappa shape index (κ2) is 10.1. The van der Waals surface area contributed by atoms with Crippen LogP contribution in [0.4, 0.5) is 4.79 Å². The van der Waals surface area contributed by atoms with Gasteiger partial charge in [-0.3, -0.25) is 9.78 Å². The normalized spacial score (nSPS) is 16.3. The van der Waals surface area contributed by atoms with Crippen molar-refractivity contribution in [1.29, 1.82) is 0 Å². The number of hydrogen-bond donors (Lipinski definition) is 1. The number of nitrogens with zero attached hydrogens (tertiary/aromatic N) is 2. The summed E-state index contributed by atoms with van der Waals surface area (Å²) in [6.45, 7) is 10.9. The standard InChI is InChI=1S/C23H37N3O3/c1-18(2)16-26(20(27)15-25-21(28)29-22(3,4)5)17-23(12-8-6-9-13-23)19-11-7-10-14-24-19/h7,10-11,14,18H,6,8-9,12-13,15-17H2,1-5H3,(H,25,28). The maximum Gasteiger partial charge on any atom is 0.408 e. The van der Waals surface area contributed by atoms with E-state index in [1.165, 1.54) is 6.42 Å². The predicted octanol–water partition coefficient (Wildman–Crippen LogP) is 4.29. The molecule has 0 aliphatic heterocycles. The van der Waals surface area contributed by atoms with E-state index in [0.29, 0.717) is 19.0 Å². The molecule has 0 bridgehead atoms. The van der Waals surface area contributed by atoms with Gasteiger partial charge >= 0.3 is 6.09 Å². The zero-order valence-corrected chi connectivity index (χ0v) is 18.7. The molecular formula is C23H37N3O3. The average molecular weight is 404 g/mol. The van der Waals surface area contributed by atoms with Crippen LogP contribution in [0.5, 0.6) is 0 Å². The van der Waals surface area contributed by atoms with Crippen molar-refractivity contribution in [3.8, 4) is 0 Å². The van der Waals surface area contributed by atoms with Crippen molar-refractivity contribution in [2.75, 3.05) is 19.6 Å². The van der Waals surface area contributed by atoms with Gasteiger partial charge in [0.05, 0.1) is 0 Å². The number of amides is 2. The Kier molecular flexibility index (Phi) is 8.05. The van der Waals surface area contributed by atoms with Gasteiger partial charge in [0.2, 0.25) is 5.91 Å². The van der Waals surface area contributed by atoms with Gasteiger partial charge in [-0.15, -0.1) is 0 Å². The lowest BCUT2D eigenvalue weighted by molar-refractivity contribution is -0.132. The number of hydrogen-bond acceptors (Lipinski definition) is 4. The molecule has 2 amide bonds. The highest BCUT2D eigenvalue weighted by atomic mass is 16.6. The molecule has 0 unspecified atom stereocenters.